The van der Waals surface area contributed by atoms with Crippen molar-refractivity contribution >= 4 is 88.7 Å². The van der Waals surface area contributed by atoms with Crippen molar-refractivity contribution in [2.45, 2.75) is 119 Å². The Balaban J connectivity index is 1.25. The maximum absolute atomic E-state index is 7.67. The lowest BCUT2D eigenvalue weighted by molar-refractivity contribution is 0.494. The van der Waals surface area contributed by atoms with Crippen LogP contribution in [-0.4, -0.2) is 6.71 Å². The smallest absolute Gasteiger partial charge is 0.256 e. The van der Waals surface area contributed by atoms with Crippen molar-refractivity contribution in [2.24, 2.45) is 0 Å². The Morgan fingerprint density at radius 1 is 0.493 bits per heavy atom. The minimum absolute atomic E-state index is 0.0175. The van der Waals surface area contributed by atoms with Gasteiger partial charge in [0.05, 0.1) is 10.4 Å². The lowest BCUT2D eigenvalue weighted by Gasteiger charge is -2.41. The summed E-state index contributed by atoms with van der Waals surface area (Å²) in [6.07, 6.45) is 0. The SMILES string of the molecule is Cc1cc(C)cc(-c2cc3c4c(c2)N(c2ccc(C(C)(C)C)cc2)c2ccc(C(C)(C)C)cc2B4c2cc(N(c4ccc(C(C)(C)C)cc4)c4ccc(C(C)(C)C)cc4)c4c(sc5ccccc54)c2O3)c1. The van der Waals surface area contributed by atoms with Crippen molar-refractivity contribution in [3.8, 4) is 22.6 Å². The molecule has 0 bridgehead atoms. The molecule has 0 saturated carbocycles. The van der Waals surface area contributed by atoms with Gasteiger partial charge in [-0.1, -0.05) is 179 Å². The topological polar surface area (TPSA) is 15.7 Å². The minimum Gasteiger partial charge on any atom is -0.457 e. The Labute approximate surface area is 427 Å². The second-order valence-electron chi connectivity index (χ2n) is 24.5. The fourth-order valence-corrected chi connectivity index (χ4v) is 12.3. The van der Waals surface area contributed by atoms with E-state index in [0.717, 1.165) is 45.5 Å². The second kappa shape index (κ2) is 16.5. The third-order valence-corrected chi connectivity index (χ3v) is 16.2. The molecule has 11 rings (SSSR count). The highest BCUT2D eigenvalue weighted by atomic mass is 32.1. The molecule has 9 aromatic rings. The van der Waals surface area contributed by atoms with Crippen LogP contribution in [0.3, 0.4) is 0 Å². The number of fused-ring (bicyclic) bond motifs is 8. The number of hydrogen-bond acceptors (Lipinski definition) is 4. The molecule has 0 fully saturated rings. The van der Waals surface area contributed by atoms with Crippen LogP contribution in [0.4, 0.5) is 34.1 Å². The van der Waals surface area contributed by atoms with E-state index in [4.69, 9.17) is 4.74 Å². The van der Waals surface area contributed by atoms with E-state index in [1.807, 2.05) is 11.3 Å². The van der Waals surface area contributed by atoms with E-state index in [2.05, 4.69) is 258 Å². The molecule has 0 unspecified atom stereocenters. The third kappa shape index (κ3) is 8.15. The molecule has 0 amide bonds. The van der Waals surface area contributed by atoms with Crippen molar-refractivity contribution in [3.63, 3.8) is 0 Å². The summed E-state index contributed by atoms with van der Waals surface area (Å²) in [6.45, 7) is 31.9. The zero-order valence-corrected chi connectivity index (χ0v) is 45.0. The number of aryl methyl sites for hydroxylation is 2. The molecule has 0 spiro atoms. The van der Waals surface area contributed by atoms with E-state index in [0.29, 0.717) is 0 Å². The Kier molecular flexibility index (Phi) is 10.9. The van der Waals surface area contributed by atoms with Crippen molar-refractivity contribution < 1.29 is 4.74 Å². The van der Waals surface area contributed by atoms with E-state index in [1.165, 1.54) is 81.2 Å². The van der Waals surface area contributed by atoms with Gasteiger partial charge in [0.1, 0.15) is 11.5 Å². The van der Waals surface area contributed by atoms with E-state index in [9.17, 15) is 0 Å². The Hall–Kier alpha value is -6.56. The maximum Gasteiger partial charge on any atom is 0.256 e. The Morgan fingerprint density at radius 3 is 1.58 bits per heavy atom. The van der Waals surface area contributed by atoms with Crippen LogP contribution in [0.15, 0.2) is 152 Å². The van der Waals surface area contributed by atoms with Crippen LogP contribution in [0.5, 0.6) is 11.5 Å². The summed E-state index contributed by atoms with van der Waals surface area (Å²) < 4.78 is 10.1. The molecule has 0 atom stereocenters. The van der Waals surface area contributed by atoms with Crippen LogP contribution in [0.25, 0.3) is 31.3 Å². The fourth-order valence-electron chi connectivity index (χ4n) is 11.1. The Morgan fingerprint density at radius 2 is 1.01 bits per heavy atom. The lowest BCUT2D eigenvalue weighted by Crippen LogP contribution is -2.59. The van der Waals surface area contributed by atoms with Gasteiger partial charge in [-0.25, -0.2) is 0 Å². The first-order valence-electron chi connectivity index (χ1n) is 25.5. The monoisotopic (exact) mass is 947 g/mol. The predicted octanol–water partition coefficient (Wildman–Crippen LogP) is 17.4. The molecular weight excluding hydrogens is 880 g/mol. The van der Waals surface area contributed by atoms with Crippen molar-refractivity contribution in [3.05, 3.63) is 185 Å². The summed E-state index contributed by atoms with van der Waals surface area (Å²) in [4.78, 5) is 5.03. The van der Waals surface area contributed by atoms with E-state index < -0.39 is 0 Å². The standard InChI is InChI=1S/C66H67BN2OS/c1-40-33-41(2)35-42(34-40)43-36-56-60-57(37-43)70-61-53(67(60)52-38-47(66(12,13)14)25-32-54(52)69(56)50-30-23-46(24-31-50)65(9,10)11)39-55(59-51-17-15-16-18-58(51)71-62(59)61)68(48-26-19-44(20-27-48)63(3,4)5)49-28-21-45(22-29-49)64(6,7)8/h15-39H,1-14H3. The van der Waals surface area contributed by atoms with Crippen LogP contribution in [0.1, 0.15) is 116 Å². The molecule has 0 saturated heterocycles. The highest BCUT2D eigenvalue weighted by molar-refractivity contribution is 7.26. The summed E-state index contributed by atoms with van der Waals surface area (Å²) in [5.41, 5.74) is 20.6. The summed E-state index contributed by atoms with van der Waals surface area (Å²) in [7, 11) is 0. The lowest BCUT2D eigenvalue weighted by atomic mass is 9.34. The minimum atomic E-state index is -0.124. The predicted molar refractivity (Wildman–Crippen MR) is 310 cm³/mol. The van der Waals surface area contributed by atoms with Crippen LogP contribution in [0, 0.1) is 13.8 Å². The van der Waals surface area contributed by atoms with Crippen LogP contribution < -0.4 is 30.9 Å². The van der Waals surface area contributed by atoms with Gasteiger partial charge in [0.2, 0.25) is 0 Å². The molecule has 2 aliphatic rings. The van der Waals surface area contributed by atoms with Gasteiger partial charge in [0.25, 0.3) is 6.71 Å². The van der Waals surface area contributed by atoms with Crippen molar-refractivity contribution in [1.82, 2.24) is 0 Å². The molecule has 1 aromatic heterocycles. The molecule has 0 aliphatic carbocycles. The summed E-state index contributed by atoms with van der Waals surface area (Å²) in [5, 5.41) is 2.44. The molecule has 71 heavy (non-hydrogen) atoms. The normalized spacial score (nSPS) is 13.5. The largest absolute Gasteiger partial charge is 0.457 e. The number of nitrogens with zero attached hydrogens (tertiary/aromatic N) is 2. The maximum atomic E-state index is 7.67. The molecular formula is C66H67BN2OS. The molecule has 2 aliphatic heterocycles. The van der Waals surface area contributed by atoms with Gasteiger partial charge in [-0.05, 0) is 152 Å². The fraction of sp³-hybridized carbons (Fsp3) is 0.273. The van der Waals surface area contributed by atoms with Crippen LogP contribution in [-0.2, 0) is 21.7 Å². The Bertz CT molecular complexity index is 3480. The zero-order valence-electron chi connectivity index (χ0n) is 44.2. The number of hydrogen-bond donors (Lipinski definition) is 0. The molecule has 8 aromatic carbocycles. The van der Waals surface area contributed by atoms with Gasteiger partial charge in [0, 0.05) is 43.9 Å². The van der Waals surface area contributed by atoms with Crippen molar-refractivity contribution in [2.75, 3.05) is 9.80 Å². The zero-order chi connectivity index (χ0) is 50.1. The number of thiophene rings is 1. The van der Waals surface area contributed by atoms with Gasteiger partial charge in [-0.2, -0.15) is 0 Å². The van der Waals surface area contributed by atoms with Gasteiger partial charge >= 0.3 is 0 Å². The number of rotatable bonds is 5. The molecule has 0 radical (unpaired) electrons. The number of ether oxygens (including phenoxy) is 1. The van der Waals surface area contributed by atoms with Crippen molar-refractivity contribution in [1.29, 1.82) is 0 Å². The first-order chi connectivity index (χ1) is 33.5. The highest BCUT2D eigenvalue weighted by Gasteiger charge is 2.44. The van der Waals surface area contributed by atoms with Crippen LogP contribution in [0.2, 0.25) is 0 Å². The molecule has 3 heterocycles. The van der Waals surface area contributed by atoms with Gasteiger partial charge in [-0.3, -0.25) is 0 Å². The molecule has 3 nitrogen and oxygen atoms in total. The van der Waals surface area contributed by atoms with E-state index in [1.54, 1.807) is 0 Å². The van der Waals surface area contributed by atoms with Gasteiger partial charge in [-0.15, -0.1) is 11.3 Å². The highest BCUT2D eigenvalue weighted by Crippen LogP contribution is 2.52. The summed E-state index contributed by atoms with van der Waals surface area (Å²) >= 11 is 1.85. The average molecular weight is 947 g/mol. The number of benzene rings is 8. The molecule has 356 valence electrons. The summed E-state index contributed by atoms with van der Waals surface area (Å²) in [5.74, 6) is 1.86. The first-order valence-corrected chi connectivity index (χ1v) is 26.3. The summed E-state index contributed by atoms with van der Waals surface area (Å²) in [6, 6.07) is 58.2. The third-order valence-electron chi connectivity index (χ3n) is 15.0. The number of anilines is 6. The quantitative estimate of drug-likeness (QED) is 0.160. The second-order valence-corrected chi connectivity index (χ2v) is 25.6. The molecule has 5 heteroatoms. The van der Waals surface area contributed by atoms with Crippen LogP contribution >= 0.6 is 11.3 Å². The first kappa shape index (κ1) is 46.8. The average Bonchev–Trinajstić information content (AvgIpc) is 3.71. The van der Waals surface area contributed by atoms with Gasteiger partial charge in [0.15, 0.2) is 0 Å². The van der Waals surface area contributed by atoms with Gasteiger partial charge < -0.3 is 14.5 Å². The van der Waals surface area contributed by atoms with E-state index >= 15 is 0 Å². The molecule has 0 N–H and O–H groups in total. The van der Waals surface area contributed by atoms with E-state index in [-0.39, 0.29) is 28.4 Å².